The van der Waals surface area contributed by atoms with Gasteiger partial charge in [-0.2, -0.15) is 0 Å². The molecule has 0 saturated carbocycles. The van der Waals surface area contributed by atoms with Gasteiger partial charge in [0, 0.05) is 23.7 Å². The summed E-state index contributed by atoms with van der Waals surface area (Å²) in [6.45, 7) is 0.480. The summed E-state index contributed by atoms with van der Waals surface area (Å²) in [6, 6.07) is 7.10. The first kappa shape index (κ1) is 12.9. The third-order valence-corrected chi connectivity index (χ3v) is 3.56. The lowest BCUT2D eigenvalue weighted by Crippen LogP contribution is -2.22. The van der Waals surface area contributed by atoms with Crippen LogP contribution in [0.4, 0.5) is 5.82 Å². The Bertz CT molecular complexity index is 556. The molecule has 0 saturated heterocycles. The minimum Gasteiger partial charge on any atom is -0.373 e. The second-order valence-electron chi connectivity index (χ2n) is 3.57. The first-order valence-corrected chi connectivity index (χ1v) is 6.54. The molecule has 0 bridgehead atoms. The first-order valence-electron chi connectivity index (χ1n) is 5.35. The Morgan fingerprint density at radius 2 is 2.28 bits per heavy atom. The van der Waals surface area contributed by atoms with Crippen molar-refractivity contribution in [3.05, 3.63) is 45.2 Å². The number of pyridine rings is 1. The maximum absolute atomic E-state index is 11.9. The van der Waals surface area contributed by atoms with Crippen LogP contribution in [0.5, 0.6) is 0 Å². The van der Waals surface area contributed by atoms with Crippen molar-refractivity contribution in [1.29, 1.82) is 0 Å². The zero-order valence-electron chi connectivity index (χ0n) is 9.74. The van der Waals surface area contributed by atoms with Crippen molar-refractivity contribution in [3.8, 4) is 0 Å². The van der Waals surface area contributed by atoms with Gasteiger partial charge in [-0.1, -0.05) is 11.6 Å². The van der Waals surface area contributed by atoms with E-state index in [0.717, 1.165) is 9.21 Å². The molecule has 18 heavy (non-hydrogen) atoms. The van der Waals surface area contributed by atoms with Crippen LogP contribution in [0.25, 0.3) is 0 Å². The lowest BCUT2D eigenvalue weighted by Gasteiger charge is -2.05. The van der Waals surface area contributed by atoms with Gasteiger partial charge in [-0.15, -0.1) is 11.3 Å². The molecule has 0 radical (unpaired) electrons. The Labute approximate surface area is 114 Å². The van der Waals surface area contributed by atoms with Crippen LogP contribution >= 0.6 is 22.9 Å². The van der Waals surface area contributed by atoms with Crippen molar-refractivity contribution in [2.75, 3.05) is 12.4 Å². The second-order valence-corrected chi connectivity index (χ2v) is 5.37. The molecule has 0 aliphatic carbocycles. The van der Waals surface area contributed by atoms with E-state index in [1.807, 2.05) is 12.1 Å². The molecule has 0 aliphatic rings. The molecular formula is C12H12ClN3OS. The molecule has 2 N–H and O–H groups in total. The van der Waals surface area contributed by atoms with Gasteiger partial charge >= 0.3 is 0 Å². The average molecular weight is 282 g/mol. The van der Waals surface area contributed by atoms with E-state index < -0.39 is 0 Å². The van der Waals surface area contributed by atoms with Gasteiger partial charge in [-0.05, 0) is 24.3 Å². The van der Waals surface area contributed by atoms with Crippen molar-refractivity contribution in [2.24, 2.45) is 0 Å². The first-order chi connectivity index (χ1) is 8.69. The van der Waals surface area contributed by atoms with Crippen molar-refractivity contribution < 1.29 is 4.79 Å². The van der Waals surface area contributed by atoms with Crippen LogP contribution in [0.2, 0.25) is 4.34 Å². The van der Waals surface area contributed by atoms with Crippen LogP contribution < -0.4 is 10.6 Å². The maximum Gasteiger partial charge on any atom is 0.251 e. The third-order valence-electron chi connectivity index (χ3n) is 2.33. The Morgan fingerprint density at radius 1 is 1.44 bits per heavy atom. The molecule has 4 nitrogen and oxygen atoms in total. The Balaban J connectivity index is 1.99. The van der Waals surface area contributed by atoms with Crippen LogP contribution in [0, 0.1) is 0 Å². The number of thiophene rings is 1. The predicted octanol–water partition coefficient (Wildman–Crippen LogP) is 2.77. The van der Waals surface area contributed by atoms with E-state index in [9.17, 15) is 4.79 Å². The molecule has 0 atom stereocenters. The van der Waals surface area contributed by atoms with E-state index in [4.69, 9.17) is 11.6 Å². The van der Waals surface area contributed by atoms with Crippen molar-refractivity contribution in [2.45, 2.75) is 6.54 Å². The summed E-state index contributed by atoms with van der Waals surface area (Å²) in [5.74, 6) is 0.542. The van der Waals surface area contributed by atoms with Crippen molar-refractivity contribution >= 4 is 34.7 Å². The van der Waals surface area contributed by atoms with Gasteiger partial charge < -0.3 is 10.6 Å². The highest BCUT2D eigenvalue weighted by molar-refractivity contribution is 7.16. The van der Waals surface area contributed by atoms with E-state index in [1.165, 1.54) is 11.3 Å². The van der Waals surface area contributed by atoms with E-state index in [-0.39, 0.29) is 5.91 Å². The van der Waals surface area contributed by atoms with Gasteiger partial charge in [-0.3, -0.25) is 4.79 Å². The summed E-state index contributed by atoms with van der Waals surface area (Å²) >= 11 is 7.28. The summed E-state index contributed by atoms with van der Waals surface area (Å²) < 4.78 is 0.723. The highest BCUT2D eigenvalue weighted by Gasteiger charge is 2.07. The normalized spacial score (nSPS) is 10.1. The van der Waals surface area contributed by atoms with Crippen LogP contribution in [-0.2, 0) is 6.54 Å². The van der Waals surface area contributed by atoms with E-state index in [2.05, 4.69) is 15.6 Å². The molecule has 94 valence electrons. The van der Waals surface area contributed by atoms with Gasteiger partial charge in [0.25, 0.3) is 5.91 Å². The number of aromatic nitrogens is 1. The van der Waals surface area contributed by atoms with Gasteiger partial charge in [0.15, 0.2) is 0 Å². The summed E-state index contributed by atoms with van der Waals surface area (Å²) in [5.41, 5.74) is 0.581. The molecule has 0 spiro atoms. The number of nitrogens with one attached hydrogen (secondary N) is 2. The molecular weight excluding hydrogens is 270 g/mol. The number of hydrogen-bond donors (Lipinski definition) is 2. The number of carbonyl (C=O) groups excluding carboxylic acids is 1. The number of carbonyl (C=O) groups is 1. The van der Waals surface area contributed by atoms with Crippen molar-refractivity contribution in [1.82, 2.24) is 10.3 Å². The second kappa shape index (κ2) is 5.84. The van der Waals surface area contributed by atoms with Crippen LogP contribution in [0.3, 0.4) is 0 Å². The summed E-state index contributed by atoms with van der Waals surface area (Å²) in [5, 5.41) is 5.73. The number of nitrogens with zero attached hydrogens (tertiary/aromatic N) is 1. The highest BCUT2D eigenvalue weighted by Crippen LogP contribution is 2.21. The maximum atomic E-state index is 11.9. The lowest BCUT2D eigenvalue weighted by atomic mass is 10.2. The molecule has 2 aromatic heterocycles. The molecule has 0 fully saturated rings. The SMILES string of the molecule is CNc1cc(C(=O)NCc2ccc(Cl)s2)ccn1. The van der Waals surface area contributed by atoms with Gasteiger partial charge in [0.05, 0.1) is 10.9 Å². The molecule has 2 heterocycles. The number of halogens is 1. The van der Waals surface area contributed by atoms with Crippen LogP contribution in [0.15, 0.2) is 30.5 Å². The Kier molecular flexibility index (Phi) is 4.17. The van der Waals surface area contributed by atoms with E-state index in [1.54, 1.807) is 25.4 Å². The minimum absolute atomic E-state index is 0.126. The largest absolute Gasteiger partial charge is 0.373 e. The molecule has 0 unspecified atom stereocenters. The molecule has 6 heteroatoms. The summed E-state index contributed by atoms with van der Waals surface area (Å²) in [6.07, 6.45) is 1.60. The zero-order chi connectivity index (χ0) is 13.0. The van der Waals surface area contributed by atoms with Crippen LogP contribution in [-0.4, -0.2) is 17.9 Å². The molecule has 0 aromatic carbocycles. The number of anilines is 1. The number of amides is 1. The van der Waals surface area contributed by atoms with E-state index >= 15 is 0 Å². The molecule has 2 rings (SSSR count). The average Bonchev–Trinajstić information content (AvgIpc) is 2.82. The van der Waals surface area contributed by atoms with Crippen LogP contribution in [0.1, 0.15) is 15.2 Å². The summed E-state index contributed by atoms with van der Waals surface area (Å²) in [7, 11) is 1.76. The minimum atomic E-state index is -0.126. The Morgan fingerprint density at radius 3 is 2.94 bits per heavy atom. The van der Waals surface area contributed by atoms with Crippen molar-refractivity contribution in [3.63, 3.8) is 0 Å². The fourth-order valence-corrected chi connectivity index (χ4v) is 2.45. The quantitative estimate of drug-likeness (QED) is 0.906. The topological polar surface area (TPSA) is 54.0 Å². The third kappa shape index (κ3) is 3.21. The fourth-order valence-electron chi connectivity index (χ4n) is 1.42. The molecule has 1 amide bonds. The zero-order valence-corrected chi connectivity index (χ0v) is 11.3. The van der Waals surface area contributed by atoms with Gasteiger partial charge in [0.2, 0.25) is 0 Å². The standard InChI is InChI=1S/C12H12ClN3OS/c1-14-11-6-8(4-5-15-11)12(17)16-7-9-2-3-10(13)18-9/h2-6H,7H2,1H3,(H,14,15)(H,16,17). The monoisotopic (exact) mass is 281 g/mol. The number of rotatable bonds is 4. The summed E-state index contributed by atoms with van der Waals surface area (Å²) in [4.78, 5) is 17.0. The van der Waals surface area contributed by atoms with Gasteiger partial charge in [0.1, 0.15) is 5.82 Å². The lowest BCUT2D eigenvalue weighted by molar-refractivity contribution is 0.0951. The number of hydrogen-bond acceptors (Lipinski definition) is 4. The van der Waals surface area contributed by atoms with Gasteiger partial charge in [-0.25, -0.2) is 4.98 Å². The fraction of sp³-hybridized carbons (Fsp3) is 0.167. The molecule has 0 aliphatic heterocycles. The Hall–Kier alpha value is -1.59. The predicted molar refractivity (Wildman–Crippen MR) is 74.3 cm³/mol. The smallest absolute Gasteiger partial charge is 0.251 e. The van der Waals surface area contributed by atoms with E-state index in [0.29, 0.717) is 17.9 Å². The highest BCUT2D eigenvalue weighted by atomic mass is 35.5. The molecule has 2 aromatic rings.